The number of benzene rings is 2. The Morgan fingerprint density at radius 2 is 1.77 bits per heavy atom. The summed E-state index contributed by atoms with van der Waals surface area (Å²) in [4.78, 5) is 44.8. The predicted octanol–water partition coefficient (Wildman–Crippen LogP) is 6.79. The van der Waals surface area contributed by atoms with Gasteiger partial charge in [-0.2, -0.15) is 9.97 Å². The number of likely N-dealkylation sites (tertiary alicyclic amines) is 1. The topological polar surface area (TPSA) is 149 Å². The molecule has 2 aromatic heterocycles. The highest BCUT2D eigenvalue weighted by molar-refractivity contribution is 6.03. The Labute approximate surface area is 353 Å². The zero-order valence-electron chi connectivity index (χ0n) is 35.0. The number of carboxylic acid groups (broad SMARTS) is 1. The molecule has 324 valence electrons. The van der Waals surface area contributed by atoms with Gasteiger partial charge in [-0.05, 0) is 82.9 Å². The van der Waals surface area contributed by atoms with Crippen LogP contribution in [0.5, 0.6) is 11.8 Å². The molecule has 2 unspecified atom stereocenters. The van der Waals surface area contributed by atoms with Gasteiger partial charge < -0.3 is 38.6 Å². The zero-order valence-corrected chi connectivity index (χ0v) is 35.0. The van der Waals surface area contributed by atoms with E-state index in [9.17, 15) is 9.59 Å². The molecule has 16 heteroatoms. The van der Waals surface area contributed by atoms with E-state index >= 15 is 8.78 Å². The maximum atomic E-state index is 17.4. The summed E-state index contributed by atoms with van der Waals surface area (Å²) in [5.74, 6) is 0.944. The van der Waals surface area contributed by atoms with Gasteiger partial charge >= 0.3 is 18.1 Å². The molecule has 4 fully saturated rings. The molecule has 1 amide bonds. The van der Waals surface area contributed by atoms with E-state index in [0.29, 0.717) is 47.4 Å². The highest BCUT2D eigenvalue weighted by Crippen LogP contribution is 2.47. The molecule has 1 aliphatic carbocycles. The molecular weight excluding hydrogens is 791 g/mol. The van der Waals surface area contributed by atoms with Crippen LogP contribution >= 0.6 is 0 Å². The van der Waals surface area contributed by atoms with E-state index in [0.717, 1.165) is 58.2 Å². The average molecular weight is 843 g/mol. The van der Waals surface area contributed by atoms with Gasteiger partial charge in [-0.3, -0.25) is 14.7 Å². The molecule has 14 nitrogen and oxygen atoms in total. The fourth-order valence-corrected chi connectivity index (χ4v) is 8.92. The van der Waals surface area contributed by atoms with E-state index in [1.54, 1.807) is 18.2 Å². The lowest BCUT2D eigenvalue weighted by Gasteiger charge is -2.42. The summed E-state index contributed by atoms with van der Waals surface area (Å²) < 4.78 is 61.5. The van der Waals surface area contributed by atoms with Gasteiger partial charge in [0.2, 0.25) is 0 Å². The minimum atomic E-state index is -0.870. The molecule has 0 radical (unpaired) electrons. The molecule has 4 aliphatic rings. The molecule has 5 heterocycles. The number of amides is 1. The summed E-state index contributed by atoms with van der Waals surface area (Å²) in [5.41, 5.74) is -0.743. The van der Waals surface area contributed by atoms with Crippen LogP contribution in [0.4, 0.5) is 19.4 Å². The lowest BCUT2D eigenvalue weighted by Crippen LogP contribution is -2.57. The highest BCUT2D eigenvalue weighted by Gasteiger charge is 2.47. The number of piperidine rings is 1. The number of halogens is 2. The Morgan fingerprint density at radius 3 is 2.43 bits per heavy atom. The van der Waals surface area contributed by atoms with Crippen molar-refractivity contribution in [2.75, 3.05) is 64.7 Å². The van der Waals surface area contributed by atoms with Gasteiger partial charge in [0, 0.05) is 62.4 Å². The van der Waals surface area contributed by atoms with Crippen LogP contribution in [0.3, 0.4) is 0 Å². The molecular formula is C45H52F2N6O8. The van der Waals surface area contributed by atoms with Crippen LogP contribution in [-0.2, 0) is 19.0 Å². The molecule has 3 aliphatic heterocycles. The fraction of sp³-hybridized carbons (Fsp3) is 0.533. The third kappa shape index (κ3) is 9.15. The van der Waals surface area contributed by atoms with Crippen molar-refractivity contribution in [3.05, 3.63) is 47.7 Å². The largest absolute Gasteiger partial charge is 0.481 e. The number of aliphatic carboxylic acids is 1. The number of fused-ring (bicyclic) bond motifs is 4. The Kier molecular flexibility index (Phi) is 11.9. The molecule has 61 heavy (non-hydrogen) atoms. The summed E-state index contributed by atoms with van der Waals surface area (Å²) in [7, 11) is 1.48. The standard InChI is InChI=1S/C45H52F2N6O8/c1-6-32-35(46)10-7-27-19-31(60-26-57-5)20-33(37(27)32)39-38(47)40-34(21-48-39)41(52-22-28-8-9-29(23-52)53(28)43(56)61-44(2,3)4)50-42(49-40)59-25-45(14-15-45)24-51-16-11-30(12-17-51)58-18-13-36(54)55/h1,7,10,19-21,28-30H,8-9,11-18,22-26H2,2-5H3,(H,54,55). The van der Waals surface area contributed by atoms with Crippen LogP contribution in [0.2, 0.25) is 0 Å². The smallest absolute Gasteiger partial charge is 0.410 e. The third-order valence-corrected chi connectivity index (χ3v) is 12.0. The van der Waals surface area contributed by atoms with E-state index in [4.69, 9.17) is 45.2 Å². The maximum absolute atomic E-state index is 17.4. The van der Waals surface area contributed by atoms with E-state index in [-0.39, 0.29) is 77.9 Å². The first-order valence-electron chi connectivity index (χ1n) is 20.9. The van der Waals surface area contributed by atoms with Crippen molar-refractivity contribution < 1.29 is 47.2 Å². The van der Waals surface area contributed by atoms with Crippen LogP contribution in [-0.4, -0.2) is 126 Å². The second kappa shape index (κ2) is 17.2. The lowest BCUT2D eigenvalue weighted by molar-refractivity contribution is -0.138. The number of methoxy groups -OCH3 is 1. The molecule has 1 saturated carbocycles. The quantitative estimate of drug-likeness (QED) is 0.105. The molecule has 2 atom stereocenters. The number of carboxylic acids is 1. The zero-order chi connectivity index (χ0) is 43.1. The Bertz CT molecular complexity index is 2340. The number of anilines is 1. The Balaban J connectivity index is 1.13. The number of rotatable bonds is 14. The van der Waals surface area contributed by atoms with Crippen LogP contribution in [0.15, 0.2) is 30.5 Å². The first-order chi connectivity index (χ1) is 29.2. The third-order valence-electron chi connectivity index (χ3n) is 12.0. The number of carbonyl (C=O) groups excluding carboxylic acids is 1. The van der Waals surface area contributed by atoms with E-state index in [1.165, 1.54) is 19.4 Å². The molecule has 3 saturated heterocycles. The monoisotopic (exact) mass is 842 g/mol. The second-order valence-corrected chi connectivity index (χ2v) is 17.7. The number of aromatic nitrogens is 3. The molecule has 4 aromatic rings. The van der Waals surface area contributed by atoms with Crippen molar-refractivity contribution in [1.29, 1.82) is 0 Å². The number of terminal acetylenes is 1. The normalized spacial score (nSPS) is 20.2. The van der Waals surface area contributed by atoms with Crippen molar-refractivity contribution in [2.45, 2.75) is 89.5 Å². The summed E-state index contributed by atoms with van der Waals surface area (Å²) in [6.07, 6.45) is 12.1. The van der Waals surface area contributed by atoms with Crippen molar-refractivity contribution in [3.8, 4) is 35.4 Å². The summed E-state index contributed by atoms with van der Waals surface area (Å²) >= 11 is 0. The van der Waals surface area contributed by atoms with Crippen LogP contribution < -0.4 is 14.4 Å². The number of pyridine rings is 1. The van der Waals surface area contributed by atoms with E-state index in [2.05, 4.69) is 20.7 Å². The highest BCUT2D eigenvalue weighted by atomic mass is 19.1. The van der Waals surface area contributed by atoms with Gasteiger partial charge in [0.15, 0.2) is 12.6 Å². The molecule has 8 rings (SSSR count). The van der Waals surface area contributed by atoms with Crippen LogP contribution in [0.1, 0.15) is 71.3 Å². The minimum absolute atomic E-state index is 0.00892. The lowest BCUT2D eigenvalue weighted by atomic mass is 9.95. The summed E-state index contributed by atoms with van der Waals surface area (Å²) in [6.45, 7) is 9.30. The maximum Gasteiger partial charge on any atom is 0.410 e. The molecule has 2 bridgehead atoms. The first kappa shape index (κ1) is 42.3. The van der Waals surface area contributed by atoms with E-state index in [1.807, 2.05) is 25.7 Å². The molecule has 2 aromatic carbocycles. The van der Waals surface area contributed by atoms with Gasteiger partial charge in [0.05, 0.1) is 48.8 Å². The van der Waals surface area contributed by atoms with Crippen molar-refractivity contribution in [1.82, 2.24) is 24.8 Å². The van der Waals surface area contributed by atoms with E-state index < -0.39 is 23.2 Å². The number of hydrogen-bond donors (Lipinski definition) is 1. The number of nitrogens with zero attached hydrogens (tertiary/aromatic N) is 6. The predicted molar refractivity (Wildman–Crippen MR) is 223 cm³/mol. The minimum Gasteiger partial charge on any atom is -0.481 e. The first-order valence-corrected chi connectivity index (χ1v) is 20.9. The average Bonchev–Trinajstić information content (AvgIpc) is 3.93. The van der Waals surface area contributed by atoms with Gasteiger partial charge in [0.1, 0.15) is 34.2 Å². The molecule has 1 N–H and O–H groups in total. The summed E-state index contributed by atoms with van der Waals surface area (Å²) in [6, 6.07) is 5.76. The second-order valence-electron chi connectivity index (χ2n) is 17.7. The van der Waals surface area contributed by atoms with Crippen LogP contribution in [0, 0.1) is 29.4 Å². The Hall–Kier alpha value is -5.37. The molecule has 0 spiro atoms. The van der Waals surface area contributed by atoms with Crippen LogP contribution in [0.25, 0.3) is 32.9 Å². The summed E-state index contributed by atoms with van der Waals surface area (Å²) in [5, 5.41) is 10.1. The van der Waals surface area contributed by atoms with Crippen molar-refractivity contribution in [3.63, 3.8) is 0 Å². The SMILES string of the molecule is C#Cc1c(F)ccc2cc(OCOC)cc(-c3ncc4c(N5CC6CCC(C5)N6C(=O)OC(C)(C)C)nc(OCC5(CN6CCC(OCCC(=O)O)CC6)CC5)nc4c3F)c12. The fourth-order valence-electron chi connectivity index (χ4n) is 8.92. The van der Waals surface area contributed by atoms with Gasteiger partial charge in [-0.25, -0.2) is 13.6 Å². The van der Waals surface area contributed by atoms with Gasteiger partial charge in [-0.1, -0.05) is 12.0 Å². The van der Waals surface area contributed by atoms with Gasteiger partial charge in [0.25, 0.3) is 0 Å². The van der Waals surface area contributed by atoms with Crippen molar-refractivity contribution >= 4 is 39.6 Å². The number of hydrogen-bond acceptors (Lipinski definition) is 12. The Morgan fingerprint density at radius 1 is 1.03 bits per heavy atom. The number of ether oxygens (including phenoxy) is 5. The number of carbonyl (C=O) groups is 2. The van der Waals surface area contributed by atoms with Gasteiger partial charge in [-0.15, -0.1) is 6.42 Å². The number of piperazine rings is 1. The van der Waals surface area contributed by atoms with Crippen molar-refractivity contribution in [2.24, 2.45) is 5.41 Å².